The molecule has 0 aromatic rings. The number of carbonyl (C=O) groups excluding carboxylic acids is 1. The zero-order valence-corrected chi connectivity index (χ0v) is 20.9. The summed E-state index contributed by atoms with van der Waals surface area (Å²) in [5, 5.41) is 41.4. The molecule has 3 unspecified atom stereocenters. The van der Waals surface area contributed by atoms with Gasteiger partial charge in [0, 0.05) is 12.3 Å². The Kier molecular flexibility index (Phi) is 15.8. The van der Waals surface area contributed by atoms with Crippen LogP contribution in [0.2, 0.25) is 0 Å². The van der Waals surface area contributed by atoms with Crippen LogP contribution in [0.5, 0.6) is 0 Å². The molecule has 0 heterocycles. The Balaban J connectivity index is 2.35. The standard InChI is InChI=1S/C23H39N3O10/c1-2-3-6-9-19(27)14-12-18-13-15-22(24-29)21(18)10-7-4-5-8-11-23(28)36-20(16-34-25(30)31)17-35-26(32)33/h12,14,18-21,27,29H,2-11,13,15-17H2,1H3. The van der Waals surface area contributed by atoms with Gasteiger partial charge in [0.2, 0.25) is 0 Å². The minimum absolute atomic E-state index is 0.0570. The van der Waals surface area contributed by atoms with Crippen molar-refractivity contribution >= 4 is 11.7 Å². The Bertz CT molecular complexity index is 713. The van der Waals surface area contributed by atoms with Gasteiger partial charge >= 0.3 is 5.97 Å². The average Bonchev–Trinajstić information content (AvgIpc) is 3.23. The third-order valence-corrected chi connectivity index (χ3v) is 6.17. The maximum atomic E-state index is 12.0. The number of aliphatic hydroxyl groups excluding tert-OH is 1. The Morgan fingerprint density at radius 2 is 1.78 bits per heavy atom. The predicted molar refractivity (Wildman–Crippen MR) is 128 cm³/mol. The number of aliphatic hydroxyl groups is 1. The lowest BCUT2D eigenvalue weighted by molar-refractivity contribution is -0.768. The fourth-order valence-electron chi connectivity index (χ4n) is 4.29. The summed E-state index contributed by atoms with van der Waals surface area (Å²) < 4.78 is 4.99. The second kappa shape index (κ2) is 18.3. The van der Waals surface area contributed by atoms with Gasteiger partial charge in [0.1, 0.15) is 19.3 Å². The van der Waals surface area contributed by atoms with E-state index in [1.165, 1.54) is 0 Å². The van der Waals surface area contributed by atoms with Gasteiger partial charge < -0.3 is 24.7 Å². The molecule has 0 bridgehead atoms. The highest BCUT2D eigenvalue weighted by molar-refractivity contribution is 5.88. The number of rotatable bonds is 20. The predicted octanol–water partition coefficient (Wildman–Crippen LogP) is 4.01. The summed E-state index contributed by atoms with van der Waals surface area (Å²) in [6.45, 7) is 0.806. The molecule has 2 N–H and O–H groups in total. The molecule has 1 fully saturated rings. The zero-order valence-electron chi connectivity index (χ0n) is 20.9. The summed E-state index contributed by atoms with van der Waals surface area (Å²) >= 11 is 0. The molecule has 0 aromatic carbocycles. The van der Waals surface area contributed by atoms with Crippen molar-refractivity contribution in [3.8, 4) is 0 Å². The first-order valence-electron chi connectivity index (χ1n) is 12.6. The van der Waals surface area contributed by atoms with E-state index in [1.807, 2.05) is 6.08 Å². The zero-order chi connectivity index (χ0) is 26.8. The highest BCUT2D eigenvalue weighted by Gasteiger charge is 2.31. The summed E-state index contributed by atoms with van der Waals surface area (Å²) in [6, 6.07) is 0. The fraction of sp³-hybridized carbons (Fsp3) is 0.826. The highest BCUT2D eigenvalue weighted by atomic mass is 17.0. The normalized spacial score (nSPS) is 19.6. The first kappa shape index (κ1) is 31.1. The van der Waals surface area contributed by atoms with Crippen LogP contribution in [0.15, 0.2) is 17.3 Å². The first-order chi connectivity index (χ1) is 17.3. The summed E-state index contributed by atoms with van der Waals surface area (Å²) in [7, 11) is 0. The molecule has 0 aromatic heterocycles. The Hall–Kier alpha value is -2.96. The second-order valence-electron chi connectivity index (χ2n) is 8.95. The Morgan fingerprint density at radius 1 is 1.11 bits per heavy atom. The lowest BCUT2D eigenvalue weighted by Gasteiger charge is -2.17. The minimum Gasteiger partial charge on any atom is -0.458 e. The van der Waals surface area contributed by atoms with Crippen molar-refractivity contribution in [3.05, 3.63) is 32.4 Å². The molecule has 13 heteroatoms. The Morgan fingerprint density at radius 3 is 2.39 bits per heavy atom. The molecule has 1 saturated carbocycles. The SMILES string of the molecule is CCCCCC(O)C=CC1CCC(=NO)C1CCCCCCC(=O)OC(CO[N+](=O)[O-])CO[N+](=O)[O-]. The number of unbranched alkanes of at least 4 members (excludes halogenated alkanes) is 5. The lowest BCUT2D eigenvalue weighted by atomic mass is 9.89. The van der Waals surface area contributed by atoms with Gasteiger partial charge in [0.15, 0.2) is 0 Å². The van der Waals surface area contributed by atoms with Crippen molar-refractivity contribution in [2.24, 2.45) is 17.0 Å². The second-order valence-corrected chi connectivity index (χ2v) is 8.95. The van der Waals surface area contributed by atoms with Gasteiger partial charge in [-0.25, -0.2) is 0 Å². The van der Waals surface area contributed by atoms with Gasteiger partial charge in [-0.3, -0.25) is 4.79 Å². The van der Waals surface area contributed by atoms with Gasteiger partial charge in [-0.05, 0) is 38.0 Å². The summed E-state index contributed by atoms with van der Waals surface area (Å²) in [6.07, 6.45) is 11.6. The van der Waals surface area contributed by atoms with E-state index in [1.54, 1.807) is 0 Å². The van der Waals surface area contributed by atoms with E-state index in [4.69, 9.17) is 4.74 Å². The number of hydrogen-bond donors (Lipinski definition) is 2. The largest absolute Gasteiger partial charge is 0.458 e. The van der Waals surface area contributed by atoms with Crippen LogP contribution in [0, 0.1) is 32.1 Å². The molecule has 0 spiro atoms. The number of carbonyl (C=O) groups is 1. The van der Waals surface area contributed by atoms with Gasteiger partial charge in [-0.1, -0.05) is 62.8 Å². The monoisotopic (exact) mass is 517 g/mol. The lowest BCUT2D eigenvalue weighted by Crippen LogP contribution is -2.30. The molecule has 0 saturated heterocycles. The third kappa shape index (κ3) is 13.8. The van der Waals surface area contributed by atoms with E-state index in [9.17, 15) is 35.3 Å². The van der Waals surface area contributed by atoms with Crippen LogP contribution in [-0.2, 0) is 19.2 Å². The van der Waals surface area contributed by atoms with E-state index < -0.39 is 41.6 Å². The molecule has 0 aliphatic heterocycles. The Labute approximate surface area is 210 Å². The van der Waals surface area contributed by atoms with E-state index in [-0.39, 0.29) is 18.3 Å². The quantitative estimate of drug-likeness (QED) is 0.0597. The molecule has 1 aliphatic rings. The topological polar surface area (TPSA) is 184 Å². The van der Waals surface area contributed by atoms with Crippen LogP contribution < -0.4 is 0 Å². The average molecular weight is 518 g/mol. The van der Waals surface area contributed by atoms with Gasteiger partial charge in [-0.2, -0.15) is 0 Å². The first-order valence-corrected chi connectivity index (χ1v) is 12.6. The molecule has 206 valence electrons. The van der Waals surface area contributed by atoms with E-state index in [2.05, 4.69) is 27.8 Å². The fourth-order valence-corrected chi connectivity index (χ4v) is 4.29. The van der Waals surface area contributed by atoms with Crippen LogP contribution in [0.3, 0.4) is 0 Å². The third-order valence-electron chi connectivity index (χ3n) is 6.17. The maximum absolute atomic E-state index is 12.0. The molecular weight excluding hydrogens is 478 g/mol. The molecular formula is C23H39N3O10. The number of hydrogen-bond acceptors (Lipinski definition) is 11. The highest BCUT2D eigenvalue weighted by Crippen LogP contribution is 2.35. The number of nitrogens with zero attached hydrogens (tertiary/aromatic N) is 3. The van der Waals surface area contributed by atoms with E-state index in [0.29, 0.717) is 6.42 Å². The van der Waals surface area contributed by atoms with Crippen LogP contribution in [0.25, 0.3) is 0 Å². The molecule has 36 heavy (non-hydrogen) atoms. The van der Waals surface area contributed by atoms with Crippen LogP contribution in [0.4, 0.5) is 0 Å². The molecule has 0 radical (unpaired) electrons. The summed E-state index contributed by atoms with van der Waals surface area (Å²) in [4.78, 5) is 40.8. The molecule has 13 nitrogen and oxygen atoms in total. The number of esters is 1. The van der Waals surface area contributed by atoms with Crippen LogP contribution in [-0.4, -0.2) is 57.6 Å². The number of ether oxygens (including phenoxy) is 1. The number of oxime groups is 1. The summed E-state index contributed by atoms with van der Waals surface area (Å²) in [5.41, 5.74) is 0.786. The van der Waals surface area contributed by atoms with Crippen LogP contribution >= 0.6 is 0 Å². The van der Waals surface area contributed by atoms with Gasteiger partial charge in [0.25, 0.3) is 10.2 Å². The minimum atomic E-state index is -1.26. The van der Waals surface area contributed by atoms with Crippen molar-refractivity contribution in [2.45, 2.75) is 96.2 Å². The summed E-state index contributed by atoms with van der Waals surface area (Å²) in [5.74, 6) is -0.290. The van der Waals surface area contributed by atoms with E-state index >= 15 is 0 Å². The van der Waals surface area contributed by atoms with Gasteiger partial charge in [0.05, 0.1) is 11.8 Å². The van der Waals surface area contributed by atoms with Crippen molar-refractivity contribution < 1.29 is 39.7 Å². The van der Waals surface area contributed by atoms with Crippen molar-refractivity contribution in [2.75, 3.05) is 13.2 Å². The van der Waals surface area contributed by atoms with Crippen molar-refractivity contribution in [3.63, 3.8) is 0 Å². The number of allylic oxidation sites excluding steroid dienone is 1. The molecule has 1 aliphatic carbocycles. The maximum Gasteiger partial charge on any atom is 0.306 e. The molecule has 0 amide bonds. The van der Waals surface area contributed by atoms with Gasteiger partial charge in [-0.15, -0.1) is 20.2 Å². The van der Waals surface area contributed by atoms with Crippen molar-refractivity contribution in [1.82, 2.24) is 0 Å². The van der Waals surface area contributed by atoms with Crippen LogP contribution in [0.1, 0.15) is 84.0 Å². The van der Waals surface area contributed by atoms with Crippen molar-refractivity contribution in [1.29, 1.82) is 0 Å². The van der Waals surface area contributed by atoms with E-state index in [0.717, 1.165) is 69.9 Å². The molecule has 1 rings (SSSR count). The molecule has 3 atom stereocenters. The smallest absolute Gasteiger partial charge is 0.306 e.